The molecule has 0 radical (unpaired) electrons. The third-order valence-corrected chi connectivity index (χ3v) is 5.86. The summed E-state index contributed by atoms with van der Waals surface area (Å²) in [5, 5.41) is 23.8. The number of carboxylic acid groups (broad SMARTS) is 2. The molecule has 0 unspecified atom stereocenters. The smallest absolute Gasteiger partial charge is 0.414 e. The van der Waals surface area contributed by atoms with Gasteiger partial charge in [-0.3, -0.25) is 9.80 Å². The molecule has 3 rings (SSSR count). The summed E-state index contributed by atoms with van der Waals surface area (Å²) in [4.78, 5) is 26.1. The van der Waals surface area contributed by atoms with Crippen LogP contribution in [-0.2, 0) is 9.59 Å². The predicted octanol–water partition coefficient (Wildman–Crippen LogP) is 0.159. The van der Waals surface area contributed by atoms with Gasteiger partial charge in [0.05, 0.1) is 6.61 Å². The van der Waals surface area contributed by atoms with E-state index in [1.54, 1.807) is 0 Å². The summed E-state index contributed by atoms with van der Waals surface area (Å²) in [5.74, 6) is -3.65. The van der Waals surface area contributed by atoms with Crippen molar-refractivity contribution in [1.82, 2.24) is 14.7 Å². The Morgan fingerprint density at radius 2 is 1.19 bits per heavy atom. The van der Waals surface area contributed by atoms with Gasteiger partial charge in [-0.05, 0) is 38.8 Å². The maximum Gasteiger partial charge on any atom is 0.414 e. The van der Waals surface area contributed by atoms with Gasteiger partial charge in [0.25, 0.3) is 0 Å². The molecule has 0 aromatic carbocycles. The monoisotopic (exact) mass is 371 g/mol. The van der Waals surface area contributed by atoms with Crippen molar-refractivity contribution in [2.45, 2.75) is 50.6 Å². The van der Waals surface area contributed by atoms with Crippen molar-refractivity contribution in [3.8, 4) is 0 Å². The number of rotatable bonds is 4. The fraction of sp³-hybridized carbons (Fsp3) is 0.889. The van der Waals surface area contributed by atoms with Gasteiger partial charge in [0.15, 0.2) is 0 Å². The highest BCUT2D eigenvalue weighted by atomic mass is 16.4. The number of nitrogens with zero attached hydrogens (tertiary/aromatic N) is 3. The van der Waals surface area contributed by atoms with Crippen LogP contribution < -0.4 is 0 Å². The van der Waals surface area contributed by atoms with Crippen LogP contribution in [0.25, 0.3) is 0 Å². The van der Waals surface area contributed by atoms with Crippen LogP contribution in [0.1, 0.15) is 38.5 Å². The number of piperidine rings is 1. The molecule has 3 aliphatic rings. The lowest BCUT2D eigenvalue weighted by Gasteiger charge is -2.44. The molecule has 0 aromatic heterocycles. The lowest BCUT2D eigenvalue weighted by atomic mass is 10.00. The average molecular weight is 371 g/mol. The Morgan fingerprint density at radius 1 is 0.731 bits per heavy atom. The lowest BCUT2D eigenvalue weighted by molar-refractivity contribution is -0.159. The molecule has 3 fully saturated rings. The summed E-state index contributed by atoms with van der Waals surface area (Å²) in [6.45, 7) is 8.50. The van der Waals surface area contributed by atoms with Gasteiger partial charge in [0.2, 0.25) is 0 Å². The normalized spacial score (nSPS) is 24.2. The molecule has 150 valence electrons. The summed E-state index contributed by atoms with van der Waals surface area (Å²) in [6, 6.07) is 1.74. The standard InChI is InChI=1S/C16H31N3O.C2H2O4/c20-14-13-17-9-11-19(12-10-17)16-5-7-18(8-6-16)15-3-1-2-4-15;3-1(4)2(5)6/h15-16,20H,1-14H2;(H,3,4)(H,5,6). The second kappa shape index (κ2) is 10.8. The minimum atomic E-state index is -1.82. The summed E-state index contributed by atoms with van der Waals surface area (Å²) < 4.78 is 0. The third-order valence-electron chi connectivity index (χ3n) is 5.86. The molecule has 1 aliphatic carbocycles. The van der Waals surface area contributed by atoms with Crippen molar-refractivity contribution in [1.29, 1.82) is 0 Å². The van der Waals surface area contributed by atoms with E-state index in [2.05, 4.69) is 14.7 Å². The van der Waals surface area contributed by atoms with Gasteiger partial charge in [-0.1, -0.05) is 12.8 Å². The third kappa shape index (κ3) is 6.50. The number of likely N-dealkylation sites (tertiary alicyclic amines) is 1. The quantitative estimate of drug-likeness (QED) is 0.600. The van der Waals surface area contributed by atoms with E-state index in [1.165, 1.54) is 64.7 Å². The van der Waals surface area contributed by atoms with Crippen LogP contribution in [0.15, 0.2) is 0 Å². The van der Waals surface area contributed by atoms with Crippen molar-refractivity contribution in [2.24, 2.45) is 0 Å². The van der Waals surface area contributed by atoms with Crippen LogP contribution in [0.5, 0.6) is 0 Å². The van der Waals surface area contributed by atoms with Crippen molar-refractivity contribution >= 4 is 11.9 Å². The van der Waals surface area contributed by atoms with Crippen LogP contribution in [0.4, 0.5) is 0 Å². The Bertz CT molecular complexity index is 428. The Balaban J connectivity index is 0.000000352. The molecule has 1 saturated carbocycles. The Morgan fingerprint density at radius 3 is 1.65 bits per heavy atom. The number of aliphatic carboxylic acids is 2. The minimum absolute atomic E-state index is 0.305. The molecular weight excluding hydrogens is 338 g/mol. The molecule has 8 nitrogen and oxygen atoms in total. The minimum Gasteiger partial charge on any atom is -0.473 e. The first kappa shape index (κ1) is 21.1. The molecule has 2 heterocycles. The fourth-order valence-electron chi connectivity index (χ4n) is 4.38. The first-order valence-electron chi connectivity index (χ1n) is 9.78. The number of hydrogen-bond acceptors (Lipinski definition) is 6. The maximum atomic E-state index is 9.10. The molecule has 3 N–H and O–H groups in total. The van der Waals surface area contributed by atoms with E-state index in [1.807, 2.05) is 0 Å². The first-order valence-corrected chi connectivity index (χ1v) is 9.78. The summed E-state index contributed by atoms with van der Waals surface area (Å²) >= 11 is 0. The Labute approximate surface area is 155 Å². The molecule has 26 heavy (non-hydrogen) atoms. The van der Waals surface area contributed by atoms with Crippen molar-refractivity contribution < 1.29 is 24.9 Å². The molecule has 8 heteroatoms. The number of aliphatic hydroxyl groups is 1. The van der Waals surface area contributed by atoms with Gasteiger partial charge >= 0.3 is 11.9 Å². The van der Waals surface area contributed by atoms with Gasteiger partial charge in [-0.2, -0.15) is 0 Å². The molecule has 0 spiro atoms. The van der Waals surface area contributed by atoms with E-state index in [-0.39, 0.29) is 0 Å². The van der Waals surface area contributed by atoms with E-state index in [9.17, 15) is 0 Å². The van der Waals surface area contributed by atoms with Gasteiger partial charge in [0.1, 0.15) is 0 Å². The Hall–Kier alpha value is -1.22. The summed E-state index contributed by atoms with van der Waals surface area (Å²) in [5.41, 5.74) is 0. The zero-order valence-electron chi connectivity index (χ0n) is 15.6. The van der Waals surface area contributed by atoms with Gasteiger partial charge < -0.3 is 20.2 Å². The highest BCUT2D eigenvalue weighted by Crippen LogP contribution is 2.27. The molecule has 2 saturated heterocycles. The number of carboxylic acids is 2. The fourth-order valence-corrected chi connectivity index (χ4v) is 4.38. The summed E-state index contributed by atoms with van der Waals surface area (Å²) in [6.07, 6.45) is 8.55. The number of piperazine rings is 1. The number of hydrogen-bond donors (Lipinski definition) is 3. The molecule has 2 aliphatic heterocycles. The van der Waals surface area contributed by atoms with Gasteiger partial charge in [-0.25, -0.2) is 9.59 Å². The van der Waals surface area contributed by atoms with Crippen molar-refractivity contribution in [2.75, 3.05) is 52.4 Å². The van der Waals surface area contributed by atoms with Crippen molar-refractivity contribution in [3.05, 3.63) is 0 Å². The molecular formula is C18H33N3O5. The maximum absolute atomic E-state index is 9.10. The molecule has 0 aromatic rings. The van der Waals surface area contributed by atoms with E-state index >= 15 is 0 Å². The molecule has 0 amide bonds. The predicted molar refractivity (Wildman–Crippen MR) is 97.2 cm³/mol. The van der Waals surface area contributed by atoms with E-state index in [0.717, 1.165) is 31.7 Å². The second-order valence-electron chi connectivity index (χ2n) is 7.42. The number of β-amino-alcohol motifs (C(OH)–C–C–N with tert-alkyl or cyclic N) is 1. The highest BCUT2D eigenvalue weighted by molar-refractivity contribution is 6.27. The second-order valence-corrected chi connectivity index (χ2v) is 7.42. The van der Waals surface area contributed by atoms with Crippen LogP contribution >= 0.6 is 0 Å². The zero-order chi connectivity index (χ0) is 18.9. The van der Waals surface area contributed by atoms with Gasteiger partial charge in [-0.15, -0.1) is 0 Å². The lowest BCUT2D eigenvalue weighted by Crippen LogP contribution is -2.54. The van der Waals surface area contributed by atoms with Gasteiger partial charge in [0, 0.05) is 44.8 Å². The summed E-state index contributed by atoms with van der Waals surface area (Å²) in [7, 11) is 0. The molecule has 0 bridgehead atoms. The van der Waals surface area contributed by atoms with Crippen LogP contribution in [0.2, 0.25) is 0 Å². The number of aliphatic hydroxyl groups excluding tert-OH is 1. The largest absolute Gasteiger partial charge is 0.473 e. The van der Waals surface area contributed by atoms with Crippen LogP contribution in [0, 0.1) is 0 Å². The zero-order valence-corrected chi connectivity index (χ0v) is 15.6. The molecule has 0 atom stereocenters. The highest BCUT2D eigenvalue weighted by Gasteiger charge is 2.30. The van der Waals surface area contributed by atoms with Crippen LogP contribution in [0.3, 0.4) is 0 Å². The Kier molecular flexibility index (Phi) is 8.77. The van der Waals surface area contributed by atoms with E-state index in [4.69, 9.17) is 24.9 Å². The number of carbonyl (C=O) groups is 2. The SMILES string of the molecule is O=C(O)C(=O)O.OCCN1CCN(C2CCN(C3CCCC3)CC2)CC1. The van der Waals surface area contributed by atoms with Crippen LogP contribution in [-0.4, -0.2) is 106 Å². The van der Waals surface area contributed by atoms with E-state index < -0.39 is 11.9 Å². The average Bonchev–Trinajstić information content (AvgIpc) is 3.18. The topological polar surface area (TPSA) is 105 Å². The first-order chi connectivity index (χ1) is 12.5. The van der Waals surface area contributed by atoms with Crippen molar-refractivity contribution in [3.63, 3.8) is 0 Å². The van der Waals surface area contributed by atoms with E-state index in [0.29, 0.717) is 6.61 Å².